The fraction of sp³-hybridized carbons (Fsp3) is 0.333. The summed E-state index contributed by atoms with van der Waals surface area (Å²) in [4.78, 5) is 26.3. The lowest BCUT2D eigenvalue weighted by atomic mass is 9.95. The second-order valence-corrected chi connectivity index (χ2v) is 6.98. The maximum atomic E-state index is 12.2. The van der Waals surface area contributed by atoms with Gasteiger partial charge in [0.1, 0.15) is 5.00 Å². The average Bonchev–Trinajstić information content (AvgIpc) is 3.13. The molecule has 1 aliphatic rings. The molecule has 110 valence electrons. The van der Waals surface area contributed by atoms with Gasteiger partial charge in [-0.05, 0) is 42.7 Å². The number of carbonyl (C=O) groups is 2. The van der Waals surface area contributed by atoms with E-state index in [1.54, 1.807) is 24.5 Å². The molecular formula is C15H16N2O2S2. The van der Waals surface area contributed by atoms with Crippen molar-refractivity contribution in [1.29, 1.82) is 0 Å². The van der Waals surface area contributed by atoms with E-state index in [9.17, 15) is 9.59 Å². The second kappa shape index (κ2) is 5.99. The van der Waals surface area contributed by atoms with Crippen LogP contribution in [0.1, 0.15) is 43.3 Å². The van der Waals surface area contributed by atoms with Crippen molar-refractivity contribution in [3.05, 3.63) is 38.4 Å². The van der Waals surface area contributed by atoms with Gasteiger partial charge in [-0.1, -0.05) is 6.07 Å². The topological polar surface area (TPSA) is 58.2 Å². The van der Waals surface area contributed by atoms with Gasteiger partial charge in [-0.2, -0.15) is 0 Å². The van der Waals surface area contributed by atoms with Gasteiger partial charge < -0.3 is 10.6 Å². The number of thiophene rings is 2. The van der Waals surface area contributed by atoms with Crippen LogP contribution in [0.25, 0.3) is 0 Å². The molecule has 0 fully saturated rings. The first-order valence-electron chi connectivity index (χ1n) is 6.92. The molecule has 0 bridgehead atoms. The lowest BCUT2D eigenvalue weighted by molar-refractivity contribution is 0.0963. The Hall–Kier alpha value is -1.66. The minimum absolute atomic E-state index is 0.115. The molecular weight excluding hydrogens is 304 g/mol. The van der Waals surface area contributed by atoms with Crippen LogP contribution in [0.4, 0.5) is 5.00 Å². The largest absolute Gasteiger partial charge is 0.355 e. The number of nitrogens with one attached hydrogen (secondary N) is 2. The van der Waals surface area contributed by atoms with Crippen LogP contribution in [0.2, 0.25) is 0 Å². The van der Waals surface area contributed by atoms with Crippen LogP contribution >= 0.6 is 22.7 Å². The Morgan fingerprint density at radius 2 is 2.00 bits per heavy atom. The van der Waals surface area contributed by atoms with E-state index in [1.165, 1.54) is 16.2 Å². The second-order valence-electron chi connectivity index (χ2n) is 4.93. The van der Waals surface area contributed by atoms with Crippen molar-refractivity contribution in [3.63, 3.8) is 0 Å². The number of fused-ring (bicyclic) bond motifs is 1. The Labute approximate surface area is 131 Å². The molecule has 2 amide bonds. The van der Waals surface area contributed by atoms with E-state index >= 15 is 0 Å². The third-order valence-corrected chi connectivity index (χ3v) is 5.67. The van der Waals surface area contributed by atoms with E-state index in [0.29, 0.717) is 15.4 Å². The first-order chi connectivity index (χ1) is 10.2. The standard InChI is InChI=1S/C15H16N2O2S2/c1-16-14(19)12-9-5-2-3-6-10(9)21-15(12)17-13(18)11-7-4-8-20-11/h4,7-8H,2-3,5-6H2,1H3,(H,16,19)(H,17,18). The highest BCUT2D eigenvalue weighted by molar-refractivity contribution is 7.17. The average molecular weight is 320 g/mol. The molecule has 21 heavy (non-hydrogen) atoms. The molecule has 2 N–H and O–H groups in total. The van der Waals surface area contributed by atoms with E-state index < -0.39 is 0 Å². The van der Waals surface area contributed by atoms with Crippen LogP contribution in [0.5, 0.6) is 0 Å². The van der Waals surface area contributed by atoms with Crippen molar-refractivity contribution >= 4 is 39.5 Å². The minimum atomic E-state index is -0.145. The zero-order chi connectivity index (χ0) is 14.8. The molecule has 6 heteroatoms. The monoisotopic (exact) mass is 320 g/mol. The summed E-state index contributed by atoms with van der Waals surface area (Å²) in [5, 5.41) is 8.15. The fourth-order valence-electron chi connectivity index (χ4n) is 2.59. The predicted octanol–water partition coefficient (Wildman–Crippen LogP) is 3.30. The van der Waals surface area contributed by atoms with Gasteiger partial charge >= 0.3 is 0 Å². The Morgan fingerprint density at radius 1 is 1.19 bits per heavy atom. The zero-order valence-electron chi connectivity index (χ0n) is 11.7. The number of hydrogen-bond donors (Lipinski definition) is 2. The number of aryl methyl sites for hydroxylation is 1. The van der Waals surface area contributed by atoms with E-state index in [0.717, 1.165) is 31.2 Å². The molecule has 3 rings (SSSR count). The lowest BCUT2D eigenvalue weighted by Crippen LogP contribution is -2.22. The van der Waals surface area contributed by atoms with Crippen molar-refractivity contribution in [2.75, 3.05) is 12.4 Å². The van der Waals surface area contributed by atoms with Gasteiger partial charge in [0, 0.05) is 11.9 Å². The van der Waals surface area contributed by atoms with Crippen LogP contribution in [-0.4, -0.2) is 18.9 Å². The molecule has 0 aliphatic heterocycles. The molecule has 2 aromatic rings. The van der Waals surface area contributed by atoms with Crippen molar-refractivity contribution in [3.8, 4) is 0 Å². The van der Waals surface area contributed by atoms with Crippen molar-refractivity contribution in [1.82, 2.24) is 5.32 Å². The summed E-state index contributed by atoms with van der Waals surface area (Å²) in [5.74, 6) is -0.260. The van der Waals surface area contributed by atoms with E-state index in [-0.39, 0.29) is 11.8 Å². The molecule has 0 saturated carbocycles. The Balaban J connectivity index is 1.95. The SMILES string of the molecule is CNC(=O)c1c(NC(=O)c2cccs2)sc2c1CCCC2. The molecule has 2 heterocycles. The highest BCUT2D eigenvalue weighted by atomic mass is 32.1. The summed E-state index contributed by atoms with van der Waals surface area (Å²) in [7, 11) is 1.63. The summed E-state index contributed by atoms with van der Waals surface area (Å²) in [5.41, 5.74) is 1.77. The first kappa shape index (κ1) is 14.3. The normalized spacial score (nSPS) is 13.6. The van der Waals surface area contributed by atoms with Crippen molar-refractivity contribution < 1.29 is 9.59 Å². The first-order valence-corrected chi connectivity index (χ1v) is 8.61. The van der Waals surface area contributed by atoms with Crippen LogP contribution in [0.3, 0.4) is 0 Å². The van der Waals surface area contributed by atoms with Gasteiger partial charge in [0.05, 0.1) is 10.4 Å². The van der Waals surface area contributed by atoms with Gasteiger partial charge in [0.15, 0.2) is 0 Å². The molecule has 0 aromatic carbocycles. The lowest BCUT2D eigenvalue weighted by Gasteiger charge is -2.12. The number of hydrogen-bond acceptors (Lipinski definition) is 4. The van der Waals surface area contributed by atoms with Crippen molar-refractivity contribution in [2.24, 2.45) is 0 Å². The molecule has 4 nitrogen and oxygen atoms in total. The van der Waals surface area contributed by atoms with Gasteiger partial charge in [0.25, 0.3) is 11.8 Å². The highest BCUT2D eigenvalue weighted by Crippen LogP contribution is 2.38. The Bertz CT molecular complexity index is 674. The van der Waals surface area contributed by atoms with Gasteiger partial charge in [0.2, 0.25) is 0 Å². The van der Waals surface area contributed by atoms with E-state index in [2.05, 4.69) is 10.6 Å². The zero-order valence-corrected chi connectivity index (χ0v) is 13.3. The quantitative estimate of drug-likeness (QED) is 0.911. The Morgan fingerprint density at radius 3 is 2.71 bits per heavy atom. The van der Waals surface area contributed by atoms with E-state index in [1.807, 2.05) is 11.4 Å². The van der Waals surface area contributed by atoms with Gasteiger partial charge in [-0.3, -0.25) is 9.59 Å². The molecule has 0 saturated heterocycles. The van der Waals surface area contributed by atoms with Gasteiger partial charge in [-0.15, -0.1) is 22.7 Å². The maximum Gasteiger partial charge on any atom is 0.266 e. The summed E-state index contributed by atoms with van der Waals surface area (Å²) < 4.78 is 0. The minimum Gasteiger partial charge on any atom is -0.355 e. The third kappa shape index (κ3) is 2.73. The molecule has 1 aliphatic carbocycles. The third-order valence-electron chi connectivity index (χ3n) is 3.60. The number of rotatable bonds is 3. The van der Waals surface area contributed by atoms with E-state index in [4.69, 9.17) is 0 Å². The van der Waals surface area contributed by atoms with Crippen LogP contribution in [0.15, 0.2) is 17.5 Å². The fourth-order valence-corrected chi connectivity index (χ4v) is 4.49. The summed E-state index contributed by atoms with van der Waals surface area (Å²) in [6, 6.07) is 3.63. The predicted molar refractivity (Wildman–Crippen MR) is 86.6 cm³/mol. The summed E-state index contributed by atoms with van der Waals surface area (Å²) >= 11 is 2.94. The van der Waals surface area contributed by atoms with Crippen molar-refractivity contribution in [2.45, 2.75) is 25.7 Å². The number of carbonyl (C=O) groups excluding carboxylic acids is 2. The Kier molecular flexibility index (Phi) is 4.07. The smallest absolute Gasteiger partial charge is 0.266 e. The molecule has 0 spiro atoms. The van der Waals surface area contributed by atoms with Crippen LogP contribution in [0, 0.1) is 0 Å². The highest BCUT2D eigenvalue weighted by Gasteiger charge is 2.26. The molecule has 0 atom stereocenters. The maximum absolute atomic E-state index is 12.2. The van der Waals surface area contributed by atoms with Crippen LogP contribution < -0.4 is 10.6 Å². The summed E-state index contributed by atoms with van der Waals surface area (Å²) in [6.45, 7) is 0. The summed E-state index contributed by atoms with van der Waals surface area (Å²) in [6.07, 6.45) is 4.17. The number of anilines is 1. The molecule has 0 unspecified atom stereocenters. The molecule has 0 radical (unpaired) electrons. The number of amides is 2. The van der Waals surface area contributed by atoms with Crippen LogP contribution in [-0.2, 0) is 12.8 Å². The van der Waals surface area contributed by atoms with Gasteiger partial charge in [-0.25, -0.2) is 0 Å². The molecule has 2 aromatic heterocycles.